The van der Waals surface area contributed by atoms with E-state index in [-0.39, 0.29) is 29.4 Å². The molecule has 2 rings (SSSR count). The van der Waals surface area contributed by atoms with Crippen LogP contribution in [-0.2, 0) is 4.74 Å². The zero-order valence-electron chi connectivity index (χ0n) is 11.3. The first-order valence-corrected chi connectivity index (χ1v) is 6.02. The molecule has 7 heteroatoms. The molecule has 0 bridgehead atoms. The fourth-order valence-corrected chi connectivity index (χ4v) is 1.68. The molecular formula is C14H11FN2O4. The minimum atomic E-state index is -0.756. The molecule has 1 aromatic carbocycles. The number of benzene rings is 1. The van der Waals surface area contributed by atoms with Crippen LogP contribution >= 0.6 is 0 Å². The van der Waals surface area contributed by atoms with Crippen LogP contribution in [0, 0.1) is 17.1 Å². The van der Waals surface area contributed by atoms with Crippen molar-refractivity contribution >= 4 is 5.97 Å². The zero-order chi connectivity index (χ0) is 15.4. The highest BCUT2D eigenvalue weighted by molar-refractivity contribution is 5.88. The van der Waals surface area contributed by atoms with Crippen LogP contribution in [0.2, 0.25) is 0 Å². The monoisotopic (exact) mass is 290 g/mol. The van der Waals surface area contributed by atoms with Gasteiger partial charge in [0, 0.05) is 11.6 Å². The Morgan fingerprint density at radius 1 is 1.48 bits per heavy atom. The van der Waals surface area contributed by atoms with Gasteiger partial charge in [0.2, 0.25) is 0 Å². The molecule has 0 aliphatic heterocycles. The Morgan fingerprint density at radius 2 is 2.24 bits per heavy atom. The van der Waals surface area contributed by atoms with E-state index < -0.39 is 11.8 Å². The molecule has 0 N–H and O–H groups in total. The van der Waals surface area contributed by atoms with Gasteiger partial charge in [0.05, 0.1) is 19.3 Å². The Bertz CT molecular complexity index is 718. The highest BCUT2D eigenvalue weighted by Gasteiger charge is 2.18. The van der Waals surface area contributed by atoms with Crippen molar-refractivity contribution in [1.82, 2.24) is 5.16 Å². The molecule has 0 aliphatic rings. The molecule has 108 valence electrons. The summed E-state index contributed by atoms with van der Waals surface area (Å²) in [7, 11) is 1.29. The van der Waals surface area contributed by atoms with E-state index >= 15 is 0 Å². The highest BCUT2D eigenvalue weighted by atomic mass is 19.1. The Balaban J connectivity index is 2.43. The predicted octanol–water partition coefficient (Wildman–Crippen LogP) is 2.54. The fourth-order valence-electron chi connectivity index (χ4n) is 1.68. The molecule has 0 aliphatic carbocycles. The van der Waals surface area contributed by atoms with Crippen LogP contribution in [0.15, 0.2) is 22.7 Å². The fraction of sp³-hybridized carbons (Fsp3) is 0.214. The molecule has 6 nitrogen and oxygen atoms in total. The summed E-state index contributed by atoms with van der Waals surface area (Å²) in [4.78, 5) is 11.5. The minimum Gasteiger partial charge on any atom is -0.494 e. The van der Waals surface area contributed by atoms with Gasteiger partial charge in [-0.1, -0.05) is 5.16 Å². The van der Waals surface area contributed by atoms with Gasteiger partial charge in [-0.15, -0.1) is 0 Å². The van der Waals surface area contributed by atoms with Crippen molar-refractivity contribution in [2.24, 2.45) is 0 Å². The van der Waals surface area contributed by atoms with Gasteiger partial charge in [0.25, 0.3) is 0 Å². The number of carbonyl (C=O) groups is 1. The van der Waals surface area contributed by atoms with E-state index in [1.807, 2.05) is 0 Å². The lowest BCUT2D eigenvalue weighted by Crippen LogP contribution is -2.04. The lowest BCUT2D eigenvalue weighted by Gasteiger charge is -2.05. The van der Waals surface area contributed by atoms with Crippen molar-refractivity contribution in [2.45, 2.75) is 6.92 Å². The Labute approximate surface area is 119 Å². The summed E-state index contributed by atoms with van der Waals surface area (Å²) in [6.45, 7) is 1.88. The number of rotatable bonds is 4. The second kappa shape index (κ2) is 6.05. The average Bonchev–Trinajstić information content (AvgIpc) is 2.97. The van der Waals surface area contributed by atoms with Crippen molar-refractivity contribution in [2.75, 3.05) is 13.7 Å². The summed E-state index contributed by atoms with van der Waals surface area (Å²) in [5.41, 5.74) is 0.167. The zero-order valence-corrected chi connectivity index (χ0v) is 11.3. The van der Waals surface area contributed by atoms with Crippen LogP contribution in [0.25, 0.3) is 11.3 Å². The van der Waals surface area contributed by atoms with Crippen LogP contribution in [0.1, 0.15) is 23.0 Å². The molecule has 0 fully saturated rings. The summed E-state index contributed by atoms with van der Waals surface area (Å²) >= 11 is 0. The van der Waals surface area contributed by atoms with Crippen LogP contribution in [-0.4, -0.2) is 24.8 Å². The Morgan fingerprint density at radius 3 is 2.86 bits per heavy atom. The first-order chi connectivity index (χ1) is 10.1. The van der Waals surface area contributed by atoms with Gasteiger partial charge in [-0.3, -0.25) is 0 Å². The Hall–Kier alpha value is -2.88. The summed E-state index contributed by atoms with van der Waals surface area (Å²) in [6.07, 6.45) is 0. The number of hydrogen-bond donors (Lipinski definition) is 0. The lowest BCUT2D eigenvalue weighted by atomic mass is 10.1. The van der Waals surface area contributed by atoms with Gasteiger partial charge in [0.15, 0.2) is 23.0 Å². The highest BCUT2D eigenvalue weighted by Crippen LogP contribution is 2.29. The second-order valence-electron chi connectivity index (χ2n) is 3.95. The third kappa shape index (κ3) is 2.84. The van der Waals surface area contributed by atoms with Crippen molar-refractivity contribution < 1.29 is 23.2 Å². The first kappa shape index (κ1) is 14.5. The van der Waals surface area contributed by atoms with E-state index in [4.69, 9.17) is 19.3 Å². The topological polar surface area (TPSA) is 85.4 Å². The predicted molar refractivity (Wildman–Crippen MR) is 69.1 cm³/mol. The Kier molecular flexibility index (Phi) is 4.18. The number of methoxy groups -OCH3 is 1. The van der Waals surface area contributed by atoms with E-state index in [0.29, 0.717) is 5.56 Å². The third-order valence-corrected chi connectivity index (χ3v) is 2.66. The van der Waals surface area contributed by atoms with E-state index in [1.54, 1.807) is 13.0 Å². The summed E-state index contributed by atoms with van der Waals surface area (Å²) in [5, 5.41) is 12.5. The number of hydrogen-bond acceptors (Lipinski definition) is 6. The number of nitrogens with zero attached hydrogens (tertiary/aromatic N) is 2. The van der Waals surface area contributed by atoms with Gasteiger partial charge in [0.1, 0.15) is 6.07 Å². The number of nitriles is 1. The SMILES string of the molecule is CCOC(=O)c1cc(-c2cc(C#N)c(F)c(OC)c2)on1. The van der Waals surface area contributed by atoms with E-state index in [9.17, 15) is 9.18 Å². The number of esters is 1. The normalized spacial score (nSPS) is 10.0. The van der Waals surface area contributed by atoms with Crippen molar-refractivity contribution in [3.05, 3.63) is 35.3 Å². The first-order valence-electron chi connectivity index (χ1n) is 6.02. The quantitative estimate of drug-likeness (QED) is 0.804. The average molecular weight is 290 g/mol. The molecule has 0 unspecified atom stereocenters. The molecule has 21 heavy (non-hydrogen) atoms. The van der Waals surface area contributed by atoms with Gasteiger partial charge in [-0.25, -0.2) is 9.18 Å². The molecule has 0 atom stereocenters. The molecule has 0 radical (unpaired) electrons. The largest absolute Gasteiger partial charge is 0.494 e. The molecule has 0 saturated carbocycles. The molecule has 0 amide bonds. The third-order valence-electron chi connectivity index (χ3n) is 2.66. The van der Waals surface area contributed by atoms with Crippen LogP contribution in [0.5, 0.6) is 5.75 Å². The van der Waals surface area contributed by atoms with Crippen molar-refractivity contribution in [3.8, 4) is 23.1 Å². The molecular weight excluding hydrogens is 279 g/mol. The van der Waals surface area contributed by atoms with Crippen LogP contribution < -0.4 is 4.74 Å². The number of carbonyl (C=O) groups excluding carboxylic acids is 1. The van der Waals surface area contributed by atoms with Crippen molar-refractivity contribution in [1.29, 1.82) is 5.26 Å². The molecule has 2 aromatic rings. The van der Waals surface area contributed by atoms with Gasteiger partial charge in [-0.2, -0.15) is 5.26 Å². The number of aromatic nitrogens is 1. The van der Waals surface area contributed by atoms with E-state index in [2.05, 4.69) is 5.16 Å². The van der Waals surface area contributed by atoms with Gasteiger partial charge in [-0.05, 0) is 19.1 Å². The summed E-state index contributed by atoms with van der Waals surface area (Å²) < 4.78 is 28.4. The molecule has 1 aromatic heterocycles. The van der Waals surface area contributed by atoms with Gasteiger partial charge < -0.3 is 14.0 Å². The maximum absolute atomic E-state index is 13.7. The number of ether oxygens (including phenoxy) is 2. The summed E-state index contributed by atoms with van der Waals surface area (Å²) in [5.74, 6) is -1.28. The van der Waals surface area contributed by atoms with Crippen LogP contribution in [0.4, 0.5) is 4.39 Å². The molecule has 0 saturated heterocycles. The summed E-state index contributed by atoms with van der Waals surface area (Å²) in [6, 6.07) is 5.71. The second-order valence-corrected chi connectivity index (χ2v) is 3.95. The van der Waals surface area contributed by atoms with Crippen molar-refractivity contribution in [3.63, 3.8) is 0 Å². The molecule has 1 heterocycles. The minimum absolute atomic E-state index is 0.00588. The lowest BCUT2D eigenvalue weighted by molar-refractivity contribution is 0.0514. The standard InChI is InChI=1S/C14H11FN2O4/c1-3-20-14(18)10-6-11(21-17-10)8-4-9(7-16)13(15)12(5-8)19-2/h4-6H,3H2,1-2H3. The van der Waals surface area contributed by atoms with E-state index in [1.165, 1.54) is 25.3 Å². The van der Waals surface area contributed by atoms with E-state index in [0.717, 1.165) is 0 Å². The smallest absolute Gasteiger partial charge is 0.360 e. The number of halogens is 1. The van der Waals surface area contributed by atoms with Gasteiger partial charge >= 0.3 is 5.97 Å². The molecule has 0 spiro atoms. The maximum Gasteiger partial charge on any atom is 0.360 e. The van der Waals surface area contributed by atoms with Crippen LogP contribution in [0.3, 0.4) is 0 Å². The maximum atomic E-state index is 13.7.